The van der Waals surface area contributed by atoms with Crippen LogP contribution in [0.5, 0.6) is 5.75 Å². The van der Waals surface area contributed by atoms with Crippen LogP contribution < -0.4 is 10.1 Å². The molecule has 0 aliphatic carbocycles. The minimum atomic E-state index is -0.559. The molecule has 3 nitrogen and oxygen atoms in total. The fraction of sp³-hybridized carbons (Fsp3) is 0.286. The number of hydrogen-bond donors (Lipinski definition) is 2. The van der Waals surface area contributed by atoms with E-state index in [1.165, 1.54) is 4.88 Å². The Kier molecular flexibility index (Phi) is 5.66. The van der Waals surface area contributed by atoms with E-state index in [0.717, 1.165) is 6.54 Å². The lowest BCUT2D eigenvalue weighted by Crippen LogP contribution is -2.31. The molecule has 2 N–H and O–H groups in total. The van der Waals surface area contributed by atoms with Gasteiger partial charge in [0.15, 0.2) is 0 Å². The number of para-hydroxylation sites is 1. The molecule has 102 valence electrons. The Balaban J connectivity index is 1.67. The van der Waals surface area contributed by atoms with E-state index in [4.69, 9.17) is 16.3 Å². The Morgan fingerprint density at radius 1 is 1.26 bits per heavy atom. The largest absolute Gasteiger partial charge is 0.489 e. The zero-order valence-electron chi connectivity index (χ0n) is 10.4. The molecule has 2 aromatic rings. The van der Waals surface area contributed by atoms with Crippen LogP contribution in [0.25, 0.3) is 0 Å². The molecular weight excluding hydrogens is 282 g/mol. The van der Waals surface area contributed by atoms with Crippen LogP contribution in [0.2, 0.25) is 5.02 Å². The number of aliphatic hydroxyl groups excluding tert-OH is 1. The van der Waals surface area contributed by atoms with Gasteiger partial charge in [0, 0.05) is 18.0 Å². The summed E-state index contributed by atoms with van der Waals surface area (Å²) in [4.78, 5) is 1.25. The minimum Gasteiger partial charge on any atom is -0.489 e. The van der Waals surface area contributed by atoms with E-state index in [0.29, 0.717) is 17.3 Å². The molecule has 1 aromatic heterocycles. The summed E-state index contributed by atoms with van der Waals surface area (Å²) in [7, 11) is 0. The van der Waals surface area contributed by atoms with Gasteiger partial charge in [-0.2, -0.15) is 0 Å². The van der Waals surface area contributed by atoms with Gasteiger partial charge in [0.05, 0.1) is 5.02 Å². The molecule has 1 aromatic carbocycles. The Hall–Kier alpha value is -1.07. The summed E-state index contributed by atoms with van der Waals surface area (Å²) < 4.78 is 5.47. The molecule has 2 rings (SSSR count). The second-order valence-corrected chi connectivity index (χ2v) is 5.54. The number of rotatable bonds is 7. The quantitative estimate of drug-likeness (QED) is 0.826. The molecule has 1 unspecified atom stereocenters. The zero-order chi connectivity index (χ0) is 13.5. The summed E-state index contributed by atoms with van der Waals surface area (Å²) >= 11 is 7.65. The SMILES string of the molecule is OC(CNCc1cccs1)COc1ccccc1Cl. The average molecular weight is 298 g/mol. The minimum absolute atomic E-state index is 0.223. The summed E-state index contributed by atoms with van der Waals surface area (Å²) in [6, 6.07) is 11.3. The van der Waals surface area contributed by atoms with Crippen LogP contribution in [0.15, 0.2) is 41.8 Å². The van der Waals surface area contributed by atoms with Gasteiger partial charge < -0.3 is 15.2 Å². The van der Waals surface area contributed by atoms with Crippen molar-refractivity contribution in [1.82, 2.24) is 5.32 Å². The van der Waals surface area contributed by atoms with Gasteiger partial charge in [0.1, 0.15) is 18.5 Å². The standard InChI is InChI=1S/C14H16ClNO2S/c15-13-5-1-2-6-14(13)18-10-11(17)8-16-9-12-4-3-7-19-12/h1-7,11,16-17H,8-10H2. The van der Waals surface area contributed by atoms with Crippen LogP contribution >= 0.6 is 22.9 Å². The second kappa shape index (κ2) is 7.50. The smallest absolute Gasteiger partial charge is 0.138 e. The molecule has 0 saturated carbocycles. The van der Waals surface area contributed by atoms with Gasteiger partial charge in [-0.3, -0.25) is 0 Å². The highest BCUT2D eigenvalue weighted by Crippen LogP contribution is 2.23. The Labute approximate surface area is 121 Å². The highest BCUT2D eigenvalue weighted by molar-refractivity contribution is 7.09. The van der Waals surface area contributed by atoms with Crippen LogP contribution in [0.4, 0.5) is 0 Å². The Bertz CT molecular complexity index is 490. The second-order valence-electron chi connectivity index (χ2n) is 4.11. The maximum Gasteiger partial charge on any atom is 0.138 e. The van der Waals surface area contributed by atoms with E-state index in [-0.39, 0.29) is 6.61 Å². The lowest BCUT2D eigenvalue weighted by atomic mass is 10.3. The number of aliphatic hydroxyl groups is 1. The van der Waals surface area contributed by atoms with Gasteiger partial charge in [-0.05, 0) is 23.6 Å². The first-order valence-electron chi connectivity index (χ1n) is 6.04. The lowest BCUT2D eigenvalue weighted by molar-refractivity contribution is 0.106. The first kappa shape index (κ1) is 14.3. The number of benzene rings is 1. The number of nitrogens with one attached hydrogen (secondary N) is 1. The van der Waals surface area contributed by atoms with Gasteiger partial charge in [0.2, 0.25) is 0 Å². The molecule has 0 aliphatic rings. The first-order chi connectivity index (χ1) is 9.25. The van der Waals surface area contributed by atoms with E-state index in [9.17, 15) is 5.11 Å². The van der Waals surface area contributed by atoms with Crippen molar-refractivity contribution < 1.29 is 9.84 Å². The van der Waals surface area contributed by atoms with Crippen molar-refractivity contribution in [3.63, 3.8) is 0 Å². The van der Waals surface area contributed by atoms with Crippen molar-refractivity contribution in [2.24, 2.45) is 0 Å². The van der Waals surface area contributed by atoms with Crippen molar-refractivity contribution in [1.29, 1.82) is 0 Å². The molecule has 0 bridgehead atoms. The third-order valence-corrected chi connectivity index (χ3v) is 3.72. The van der Waals surface area contributed by atoms with Crippen LogP contribution in [0.1, 0.15) is 4.88 Å². The highest BCUT2D eigenvalue weighted by Gasteiger charge is 2.06. The Morgan fingerprint density at radius 3 is 2.84 bits per heavy atom. The molecule has 0 amide bonds. The number of hydrogen-bond acceptors (Lipinski definition) is 4. The van der Waals surface area contributed by atoms with Gasteiger partial charge in [-0.25, -0.2) is 0 Å². The van der Waals surface area contributed by atoms with E-state index in [1.807, 2.05) is 23.6 Å². The average Bonchev–Trinajstić information content (AvgIpc) is 2.91. The van der Waals surface area contributed by atoms with Crippen LogP contribution in [-0.4, -0.2) is 24.4 Å². The maximum absolute atomic E-state index is 9.80. The van der Waals surface area contributed by atoms with Crippen molar-refractivity contribution in [3.05, 3.63) is 51.7 Å². The number of thiophene rings is 1. The van der Waals surface area contributed by atoms with Crippen molar-refractivity contribution >= 4 is 22.9 Å². The number of halogens is 1. The van der Waals surface area contributed by atoms with Gasteiger partial charge in [-0.1, -0.05) is 29.8 Å². The van der Waals surface area contributed by atoms with Crippen LogP contribution in [0, 0.1) is 0 Å². The molecule has 1 atom stereocenters. The normalized spacial score (nSPS) is 12.3. The third-order valence-electron chi connectivity index (χ3n) is 2.53. The predicted octanol–water partition coefficient (Wildman–Crippen LogP) is 2.93. The van der Waals surface area contributed by atoms with E-state index < -0.39 is 6.10 Å². The van der Waals surface area contributed by atoms with Crippen molar-refractivity contribution in [3.8, 4) is 5.75 Å². The monoisotopic (exact) mass is 297 g/mol. The summed E-state index contributed by atoms with van der Waals surface area (Å²) in [6.45, 7) is 1.48. The third kappa shape index (κ3) is 4.84. The highest BCUT2D eigenvalue weighted by atomic mass is 35.5. The van der Waals surface area contributed by atoms with E-state index in [1.54, 1.807) is 23.5 Å². The van der Waals surface area contributed by atoms with Crippen molar-refractivity contribution in [2.45, 2.75) is 12.6 Å². The first-order valence-corrected chi connectivity index (χ1v) is 7.30. The van der Waals surface area contributed by atoms with Crippen LogP contribution in [0.3, 0.4) is 0 Å². The topological polar surface area (TPSA) is 41.5 Å². The molecule has 5 heteroatoms. The van der Waals surface area contributed by atoms with Crippen molar-refractivity contribution in [2.75, 3.05) is 13.2 Å². The van der Waals surface area contributed by atoms with Gasteiger partial charge >= 0.3 is 0 Å². The van der Waals surface area contributed by atoms with Gasteiger partial charge in [-0.15, -0.1) is 11.3 Å². The summed E-state index contributed by atoms with van der Waals surface area (Å²) in [5.41, 5.74) is 0. The summed E-state index contributed by atoms with van der Waals surface area (Å²) in [5, 5.41) is 15.6. The molecule has 19 heavy (non-hydrogen) atoms. The number of ether oxygens (including phenoxy) is 1. The molecule has 0 spiro atoms. The zero-order valence-corrected chi connectivity index (χ0v) is 12.0. The summed E-state index contributed by atoms with van der Waals surface area (Å²) in [6.07, 6.45) is -0.559. The van der Waals surface area contributed by atoms with E-state index in [2.05, 4.69) is 11.4 Å². The maximum atomic E-state index is 9.80. The van der Waals surface area contributed by atoms with E-state index >= 15 is 0 Å². The fourth-order valence-electron chi connectivity index (χ4n) is 1.58. The Morgan fingerprint density at radius 2 is 2.11 bits per heavy atom. The van der Waals surface area contributed by atoms with Gasteiger partial charge in [0.25, 0.3) is 0 Å². The molecule has 1 heterocycles. The lowest BCUT2D eigenvalue weighted by Gasteiger charge is -2.13. The summed E-state index contributed by atoms with van der Waals surface area (Å²) in [5.74, 6) is 0.599. The molecule has 0 aliphatic heterocycles. The molecule has 0 saturated heterocycles. The fourth-order valence-corrected chi connectivity index (χ4v) is 2.45. The van der Waals surface area contributed by atoms with Crippen LogP contribution in [-0.2, 0) is 6.54 Å². The molecule has 0 radical (unpaired) electrons. The molecule has 0 fully saturated rings. The molecular formula is C14H16ClNO2S. The predicted molar refractivity (Wildman–Crippen MR) is 79.0 cm³/mol.